The van der Waals surface area contributed by atoms with Gasteiger partial charge in [0.25, 0.3) is 0 Å². The predicted molar refractivity (Wildman–Crippen MR) is 62.2 cm³/mol. The molecule has 0 saturated carbocycles. The SMILES string of the molecule is C#CCONC(C)(NOCC#C)NOCC#C. The predicted octanol–water partition coefficient (Wildman–Crippen LogP) is -0.877. The van der Waals surface area contributed by atoms with Crippen molar-refractivity contribution in [3.8, 4) is 37.0 Å². The van der Waals surface area contributed by atoms with Gasteiger partial charge < -0.3 is 0 Å². The Bertz CT molecular complexity index is 274. The van der Waals surface area contributed by atoms with E-state index in [2.05, 4.69) is 34.2 Å². The highest BCUT2D eigenvalue weighted by Gasteiger charge is 2.24. The van der Waals surface area contributed by atoms with Gasteiger partial charge in [-0.2, -0.15) is 16.4 Å². The minimum atomic E-state index is -1.05. The van der Waals surface area contributed by atoms with Crippen LogP contribution >= 0.6 is 0 Å². The molecule has 6 nitrogen and oxygen atoms in total. The van der Waals surface area contributed by atoms with E-state index in [9.17, 15) is 0 Å². The average Bonchev–Trinajstić information content (AvgIpc) is 2.30. The second kappa shape index (κ2) is 9.65. The fourth-order valence-corrected chi connectivity index (χ4v) is 0.729. The van der Waals surface area contributed by atoms with Gasteiger partial charge in [0.15, 0.2) is 5.79 Å². The maximum Gasteiger partial charge on any atom is 0.186 e. The number of nitrogens with one attached hydrogen (secondary N) is 3. The molecule has 17 heavy (non-hydrogen) atoms. The maximum atomic E-state index is 5.03. The van der Waals surface area contributed by atoms with Crippen molar-refractivity contribution in [3.63, 3.8) is 0 Å². The van der Waals surface area contributed by atoms with Crippen molar-refractivity contribution >= 4 is 0 Å². The third-order valence-corrected chi connectivity index (χ3v) is 1.30. The molecule has 0 aliphatic carbocycles. The molecular formula is C11H15N3O3. The molecule has 0 bridgehead atoms. The number of hydroxylamine groups is 3. The molecule has 3 N–H and O–H groups in total. The Labute approximate surface area is 101 Å². The lowest BCUT2D eigenvalue weighted by molar-refractivity contribution is -0.162. The molecule has 92 valence electrons. The maximum absolute atomic E-state index is 5.03. The van der Waals surface area contributed by atoms with Crippen molar-refractivity contribution in [2.75, 3.05) is 19.8 Å². The van der Waals surface area contributed by atoms with Gasteiger partial charge in [-0.3, -0.25) is 14.5 Å². The summed E-state index contributed by atoms with van der Waals surface area (Å²) in [5.74, 6) is 5.81. The van der Waals surface area contributed by atoms with E-state index in [0.717, 1.165) is 0 Å². The van der Waals surface area contributed by atoms with Crippen molar-refractivity contribution in [2.45, 2.75) is 12.7 Å². The van der Waals surface area contributed by atoms with Gasteiger partial charge >= 0.3 is 0 Å². The Morgan fingerprint density at radius 1 is 0.824 bits per heavy atom. The van der Waals surface area contributed by atoms with Crippen molar-refractivity contribution in [1.82, 2.24) is 16.4 Å². The molecule has 6 heteroatoms. The summed E-state index contributed by atoms with van der Waals surface area (Å²) in [4.78, 5) is 14.8. The first-order valence-corrected chi connectivity index (χ1v) is 4.66. The minimum Gasteiger partial charge on any atom is -0.286 e. The van der Waals surface area contributed by atoms with Gasteiger partial charge in [0.05, 0.1) is 0 Å². The van der Waals surface area contributed by atoms with Gasteiger partial charge in [-0.1, -0.05) is 17.8 Å². The van der Waals surface area contributed by atoms with E-state index in [1.165, 1.54) is 0 Å². The zero-order valence-electron chi connectivity index (χ0n) is 9.58. The van der Waals surface area contributed by atoms with Gasteiger partial charge in [-0.05, 0) is 6.92 Å². The van der Waals surface area contributed by atoms with Gasteiger partial charge in [0.2, 0.25) is 0 Å². The van der Waals surface area contributed by atoms with E-state index < -0.39 is 5.79 Å². The standard InChI is InChI=1S/C11H15N3O3/c1-5-8-15-12-11(4,13-16-9-6-2)14-17-10-7-3/h1-3,12-14H,8-10H2,4H3. The third kappa shape index (κ3) is 8.27. The molecule has 0 aromatic rings. The van der Waals surface area contributed by atoms with Gasteiger partial charge in [0, 0.05) is 0 Å². The normalized spacial score (nSPS) is 10.2. The summed E-state index contributed by atoms with van der Waals surface area (Å²) >= 11 is 0. The van der Waals surface area contributed by atoms with Crippen LogP contribution in [-0.2, 0) is 14.5 Å². The number of hydrogen-bond acceptors (Lipinski definition) is 6. The molecule has 0 aliphatic heterocycles. The molecule has 0 atom stereocenters. The molecular weight excluding hydrogens is 222 g/mol. The first kappa shape index (κ1) is 15.4. The molecule has 0 radical (unpaired) electrons. The van der Waals surface area contributed by atoms with Crippen molar-refractivity contribution in [1.29, 1.82) is 0 Å². The van der Waals surface area contributed by atoms with Crippen LogP contribution < -0.4 is 16.4 Å². The Hall–Kier alpha value is -1.56. The van der Waals surface area contributed by atoms with E-state index in [-0.39, 0.29) is 19.8 Å². The highest BCUT2D eigenvalue weighted by molar-refractivity contribution is 4.84. The summed E-state index contributed by atoms with van der Waals surface area (Å²) in [5.41, 5.74) is 7.69. The molecule has 0 fully saturated rings. The van der Waals surface area contributed by atoms with Crippen LogP contribution in [-0.4, -0.2) is 25.6 Å². The van der Waals surface area contributed by atoms with E-state index in [1.54, 1.807) is 6.92 Å². The Morgan fingerprint density at radius 2 is 1.12 bits per heavy atom. The largest absolute Gasteiger partial charge is 0.286 e. The Balaban J connectivity index is 4.11. The lowest BCUT2D eigenvalue weighted by atomic mass is 10.5. The van der Waals surface area contributed by atoms with E-state index in [1.807, 2.05) is 0 Å². The number of terminal acetylenes is 3. The van der Waals surface area contributed by atoms with Crippen LogP contribution in [0.2, 0.25) is 0 Å². The van der Waals surface area contributed by atoms with Gasteiger partial charge in [-0.15, -0.1) is 19.3 Å². The summed E-state index contributed by atoms with van der Waals surface area (Å²) in [6, 6.07) is 0. The Morgan fingerprint density at radius 3 is 1.35 bits per heavy atom. The Kier molecular flexibility index (Phi) is 8.77. The highest BCUT2D eigenvalue weighted by atomic mass is 16.7. The summed E-state index contributed by atoms with van der Waals surface area (Å²) in [7, 11) is 0. The number of hydrogen-bond donors (Lipinski definition) is 3. The summed E-state index contributed by atoms with van der Waals surface area (Å²) in [6.45, 7) is 1.85. The first-order valence-electron chi connectivity index (χ1n) is 4.66. The summed E-state index contributed by atoms with van der Waals surface area (Å²) < 4.78 is 0. The minimum absolute atomic E-state index is 0.0726. The van der Waals surface area contributed by atoms with Crippen LogP contribution in [0.4, 0.5) is 0 Å². The van der Waals surface area contributed by atoms with E-state index in [0.29, 0.717) is 0 Å². The molecule has 0 unspecified atom stereocenters. The fourth-order valence-electron chi connectivity index (χ4n) is 0.729. The zero-order valence-corrected chi connectivity index (χ0v) is 9.58. The summed E-state index contributed by atoms with van der Waals surface area (Å²) in [5, 5.41) is 0. The van der Waals surface area contributed by atoms with Crippen LogP contribution in [0.5, 0.6) is 0 Å². The first-order chi connectivity index (χ1) is 8.18. The topological polar surface area (TPSA) is 63.8 Å². The molecule has 0 saturated heterocycles. The number of rotatable bonds is 9. The van der Waals surface area contributed by atoms with Crippen molar-refractivity contribution < 1.29 is 14.5 Å². The highest BCUT2D eigenvalue weighted by Crippen LogP contribution is 1.94. The fraction of sp³-hybridized carbons (Fsp3) is 0.455. The van der Waals surface area contributed by atoms with Crippen molar-refractivity contribution in [3.05, 3.63) is 0 Å². The molecule has 0 heterocycles. The average molecular weight is 237 g/mol. The van der Waals surface area contributed by atoms with Crippen LogP contribution in [0, 0.1) is 37.0 Å². The van der Waals surface area contributed by atoms with Crippen LogP contribution in [0.25, 0.3) is 0 Å². The van der Waals surface area contributed by atoms with Crippen molar-refractivity contribution in [2.24, 2.45) is 0 Å². The lowest BCUT2D eigenvalue weighted by Gasteiger charge is -2.30. The third-order valence-electron chi connectivity index (χ3n) is 1.30. The monoisotopic (exact) mass is 237 g/mol. The quantitative estimate of drug-likeness (QED) is 0.209. The van der Waals surface area contributed by atoms with Gasteiger partial charge in [-0.25, -0.2) is 0 Å². The van der Waals surface area contributed by atoms with Crippen LogP contribution in [0.1, 0.15) is 6.92 Å². The van der Waals surface area contributed by atoms with Gasteiger partial charge in [0.1, 0.15) is 19.8 Å². The lowest BCUT2D eigenvalue weighted by Crippen LogP contribution is -2.64. The molecule has 0 amide bonds. The van der Waals surface area contributed by atoms with E-state index >= 15 is 0 Å². The second-order valence-electron chi connectivity index (χ2n) is 2.91. The van der Waals surface area contributed by atoms with Crippen LogP contribution in [0.3, 0.4) is 0 Å². The molecule has 0 rings (SSSR count). The van der Waals surface area contributed by atoms with Crippen LogP contribution in [0.15, 0.2) is 0 Å². The molecule has 0 aromatic carbocycles. The summed E-state index contributed by atoms with van der Waals surface area (Å²) in [6.07, 6.45) is 15.1. The smallest absolute Gasteiger partial charge is 0.186 e. The molecule has 0 aliphatic rings. The van der Waals surface area contributed by atoms with E-state index in [4.69, 9.17) is 33.8 Å². The molecule has 0 aromatic heterocycles. The zero-order chi connectivity index (χ0) is 13.0. The molecule has 0 spiro atoms. The second-order valence-corrected chi connectivity index (χ2v) is 2.91.